The predicted octanol–water partition coefficient (Wildman–Crippen LogP) is 4.55. The predicted molar refractivity (Wildman–Crippen MR) is 101 cm³/mol. The number of amides is 1. The Morgan fingerprint density at radius 2 is 1.85 bits per heavy atom. The molecule has 27 heavy (non-hydrogen) atoms. The molecular weight excluding hydrogens is 364 g/mol. The number of thiazole rings is 1. The summed E-state index contributed by atoms with van der Waals surface area (Å²) in [6.45, 7) is 1.89. The summed E-state index contributed by atoms with van der Waals surface area (Å²) < 4.78 is 11.3. The van der Waals surface area contributed by atoms with E-state index >= 15 is 0 Å². The second kappa shape index (κ2) is 7.38. The van der Waals surface area contributed by atoms with Crippen molar-refractivity contribution in [1.29, 1.82) is 0 Å². The van der Waals surface area contributed by atoms with E-state index in [4.69, 9.17) is 9.15 Å². The maximum atomic E-state index is 12.6. The van der Waals surface area contributed by atoms with Gasteiger partial charge in [-0.1, -0.05) is 35.4 Å². The monoisotopic (exact) mass is 378 g/mol. The van der Waals surface area contributed by atoms with E-state index in [1.165, 1.54) is 11.3 Å². The molecule has 4 rings (SSSR count). The van der Waals surface area contributed by atoms with Crippen molar-refractivity contribution in [1.82, 2.24) is 15.2 Å². The Kier molecular flexibility index (Phi) is 4.63. The molecule has 2 aromatic heterocycles. The van der Waals surface area contributed by atoms with Gasteiger partial charge < -0.3 is 9.15 Å². The van der Waals surface area contributed by atoms with Gasteiger partial charge in [-0.3, -0.25) is 10.1 Å². The normalized spacial score (nSPS) is 10.6. The second-order valence-corrected chi connectivity index (χ2v) is 6.59. The van der Waals surface area contributed by atoms with Crippen LogP contribution in [0.15, 0.2) is 64.4 Å². The van der Waals surface area contributed by atoms with Crippen LogP contribution in [0.3, 0.4) is 0 Å². The Morgan fingerprint density at radius 3 is 2.63 bits per heavy atom. The molecule has 2 aromatic carbocycles. The maximum absolute atomic E-state index is 12.6. The number of para-hydroxylation sites is 2. The highest BCUT2D eigenvalue weighted by atomic mass is 32.1. The molecule has 0 radical (unpaired) electrons. The van der Waals surface area contributed by atoms with Crippen molar-refractivity contribution < 1.29 is 13.9 Å². The molecule has 0 spiro atoms. The Morgan fingerprint density at radius 1 is 1.07 bits per heavy atom. The van der Waals surface area contributed by atoms with Crippen molar-refractivity contribution in [2.75, 3.05) is 5.32 Å². The third-order valence-corrected chi connectivity index (χ3v) is 4.36. The average molecular weight is 378 g/mol. The number of hydrogen-bond acceptors (Lipinski definition) is 7. The van der Waals surface area contributed by atoms with Crippen molar-refractivity contribution in [3.8, 4) is 23.1 Å². The lowest BCUT2D eigenvalue weighted by Gasteiger charge is -2.10. The number of rotatable bonds is 5. The first-order valence-corrected chi connectivity index (χ1v) is 8.96. The molecular formula is C19H14N4O3S. The van der Waals surface area contributed by atoms with Crippen molar-refractivity contribution in [3.05, 3.63) is 70.5 Å². The molecule has 0 unspecified atom stereocenters. The SMILES string of the molecule is Cc1nc(-c2nnc(NC(=O)c3ccccc3Oc3ccccc3)o2)cs1. The van der Waals surface area contributed by atoms with E-state index in [0.717, 1.165) is 5.01 Å². The van der Waals surface area contributed by atoms with Crippen LogP contribution >= 0.6 is 11.3 Å². The van der Waals surface area contributed by atoms with Gasteiger partial charge in [0.2, 0.25) is 0 Å². The highest BCUT2D eigenvalue weighted by molar-refractivity contribution is 7.09. The molecule has 0 saturated carbocycles. The number of benzene rings is 2. The molecule has 134 valence electrons. The summed E-state index contributed by atoms with van der Waals surface area (Å²) >= 11 is 1.48. The number of ether oxygens (including phenoxy) is 1. The van der Waals surface area contributed by atoms with Crippen LogP contribution < -0.4 is 10.1 Å². The first-order chi connectivity index (χ1) is 13.2. The van der Waals surface area contributed by atoms with Gasteiger partial charge in [0.1, 0.15) is 17.2 Å². The first kappa shape index (κ1) is 16.9. The minimum atomic E-state index is -0.411. The lowest BCUT2D eigenvalue weighted by molar-refractivity contribution is 0.102. The van der Waals surface area contributed by atoms with Gasteiger partial charge in [-0.05, 0) is 31.2 Å². The van der Waals surface area contributed by atoms with Gasteiger partial charge in [0.15, 0.2) is 0 Å². The van der Waals surface area contributed by atoms with Crippen LogP contribution in [0.4, 0.5) is 6.01 Å². The molecule has 0 aliphatic carbocycles. The van der Waals surface area contributed by atoms with Crippen LogP contribution in [0.2, 0.25) is 0 Å². The van der Waals surface area contributed by atoms with Gasteiger partial charge in [-0.15, -0.1) is 16.4 Å². The number of aromatic nitrogens is 3. The highest BCUT2D eigenvalue weighted by Crippen LogP contribution is 2.26. The summed E-state index contributed by atoms with van der Waals surface area (Å²) in [7, 11) is 0. The maximum Gasteiger partial charge on any atom is 0.322 e. The molecule has 0 fully saturated rings. The molecule has 0 bridgehead atoms. The highest BCUT2D eigenvalue weighted by Gasteiger charge is 2.17. The molecule has 0 aliphatic rings. The van der Waals surface area contributed by atoms with E-state index < -0.39 is 5.91 Å². The second-order valence-electron chi connectivity index (χ2n) is 5.53. The lowest BCUT2D eigenvalue weighted by atomic mass is 10.2. The topological polar surface area (TPSA) is 90.1 Å². The number of hydrogen-bond donors (Lipinski definition) is 1. The standard InChI is InChI=1S/C19H14N4O3S/c1-12-20-15(11-27-12)18-22-23-19(26-18)21-17(24)14-9-5-6-10-16(14)25-13-7-3-2-4-8-13/h2-11H,1H3,(H,21,23,24). The van der Waals surface area contributed by atoms with Gasteiger partial charge in [0, 0.05) is 5.38 Å². The zero-order valence-corrected chi connectivity index (χ0v) is 15.1. The quantitative estimate of drug-likeness (QED) is 0.548. The van der Waals surface area contributed by atoms with E-state index in [0.29, 0.717) is 22.8 Å². The van der Waals surface area contributed by atoms with E-state index in [1.807, 2.05) is 42.6 Å². The van der Waals surface area contributed by atoms with Gasteiger partial charge >= 0.3 is 6.01 Å². The summed E-state index contributed by atoms with van der Waals surface area (Å²) in [4.78, 5) is 16.9. The van der Waals surface area contributed by atoms with Gasteiger partial charge in [0.05, 0.1) is 10.6 Å². The van der Waals surface area contributed by atoms with E-state index in [-0.39, 0.29) is 11.9 Å². The molecule has 1 N–H and O–H groups in total. The average Bonchev–Trinajstić information content (AvgIpc) is 3.32. The van der Waals surface area contributed by atoms with Crippen LogP contribution in [-0.2, 0) is 0 Å². The van der Waals surface area contributed by atoms with Crippen molar-refractivity contribution >= 4 is 23.3 Å². The Hall–Kier alpha value is -3.52. The molecule has 7 nitrogen and oxygen atoms in total. The van der Waals surface area contributed by atoms with E-state index in [9.17, 15) is 4.79 Å². The fraction of sp³-hybridized carbons (Fsp3) is 0.0526. The zero-order valence-electron chi connectivity index (χ0n) is 14.2. The summed E-state index contributed by atoms with van der Waals surface area (Å²) in [5, 5.41) is 13.1. The van der Waals surface area contributed by atoms with Gasteiger partial charge in [0.25, 0.3) is 11.8 Å². The fourth-order valence-corrected chi connectivity index (χ4v) is 2.95. The van der Waals surface area contributed by atoms with Crippen molar-refractivity contribution in [2.45, 2.75) is 6.92 Å². The molecule has 4 aromatic rings. The van der Waals surface area contributed by atoms with E-state index in [2.05, 4.69) is 20.5 Å². The van der Waals surface area contributed by atoms with Crippen LogP contribution in [0.5, 0.6) is 11.5 Å². The van der Waals surface area contributed by atoms with Crippen LogP contribution in [-0.4, -0.2) is 21.1 Å². The molecule has 2 heterocycles. The number of anilines is 1. The van der Waals surface area contributed by atoms with Crippen molar-refractivity contribution in [2.24, 2.45) is 0 Å². The number of carbonyl (C=O) groups is 1. The number of aryl methyl sites for hydroxylation is 1. The molecule has 8 heteroatoms. The largest absolute Gasteiger partial charge is 0.457 e. The summed E-state index contributed by atoms with van der Waals surface area (Å²) in [6, 6.07) is 16.2. The minimum Gasteiger partial charge on any atom is -0.457 e. The van der Waals surface area contributed by atoms with Crippen molar-refractivity contribution in [3.63, 3.8) is 0 Å². The van der Waals surface area contributed by atoms with Crippen LogP contribution in [0, 0.1) is 6.92 Å². The van der Waals surface area contributed by atoms with Gasteiger partial charge in [-0.2, -0.15) is 0 Å². The Labute approximate surface area is 158 Å². The molecule has 1 amide bonds. The van der Waals surface area contributed by atoms with Gasteiger partial charge in [-0.25, -0.2) is 4.98 Å². The molecule has 0 atom stereocenters. The Balaban J connectivity index is 1.53. The summed E-state index contributed by atoms with van der Waals surface area (Å²) in [5.74, 6) is 0.905. The zero-order chi connectivity index (χ0) is 18.6. The number of carbonyl (C=O) groups excluding carboxylic acids is 1. The molecule has 0 saturated heterocycles. The third-order valence-electron chi connectivity index (χ3n) is 3.59. The lowest BCUT2D eigenvalue weighted by Crippen LogP contribution is -2.13. The first-order valence-electron chi connectivity index (χ1n) is 8.08. The Bertz CT molecular complexity index is 1080. The van der Waals surface area contributed by atoms with E-state index in [1.54, 1.807) is 24.3 Å². The van der Waals surface area contributed by atoms with Crippen LogP contribution in [0.25, 0.3) is 11.6 Å². The molecule has 0 aliphatic heterocycles. The summed E-state index contributed by atoms with van der Waals surface area (Å²) in [5.41, 5.74) is 0.934. The smallest absolute Gasteiger partial charge is 0.322 e. The third kappa shape index (κ3) is 3.85. The van der Waals surface area contributed by atoms with Crippen LogP contribution in [0.1, 0.15) is 15.4 Å². The fourth-order valence-electron chi connectivity index (χ4n) is 2.36. The minimum absolute atomic E-state index is 0.00447. The number of nitrogens with one attached hydrogen (secondary N) is 1. The summed E-state index contributed by atoms with van der Waals surface area (Å²) in [6.07, 6.45) is 0. The number of nitrogens with zero attached hydrogens (tertiary/aromatic N) is 3.